The van der Waals surface area contributed by atoms with E-state index in [9.17, 15) is 0 Å². The monoisotopic (exact) mass is 327 g/mol. The molecule has 1 N–H and O–H groups in total. The molecule has 0 aliphatic heterocycles. The summed E-state index contributed by atoms with van der Waals surface area (Å²) in [5.74, 6) is 1.02. The molecule has 0 unspecified atom stereocenters. The first-order valence-electron chi connectivity index (χ1n) is 5.24. The molecule has 2 rings (SSSR count). The number of halogens is 2. The topological polar surface area (TPSA) is 47.0 Å². The highest BCUT2D eigenvalue weighted by Crippen LogP contribution is 2.22. The van der Waals surface area contributed by atoms with Gasteiger partial charge in [-0.15, -0.1) is 0 Å². The minimum absolute atomic E-state index is 0.503. The lowest BCUT2D eigenvalue weighted by molar-refractivity contribution is 0.394. The Balaban J connectivity index is 2.04. The summed E-state index contributed by atoms with van der Waals surface area (Å²) in [7, 11) is 1.57. The lowest BCUT2D eigenvalue weighted by Gasteiger charge is -2.07. The van der Waals surface area contributed by atoms with Gasteiger partial charge in [-0.3, -0.25) is 0 Å². The van der Waals surface area contributed by atoms with Gasteiger partial charge in [0.1, 0.15) is 0 Å². The van der Waals surface area contributed by atoms with Crippen LogP contribution >= 0.6 is 27.5 Å². The Labute approximate surface area is 118 Å². The molecule has 0 aliphatic rings. The Morgan fingerprint density at radius 2 is 2.06 bits per heavy atom. The van der Waals surface area contributed by atoms with Crippen LogP contribution in [0.5, 0.6) is 5.88 Å². The fourth-order valence-corrected chi connectivity index (χ4v) is 1.84. The van der Waals surface area contributed by atoms with Crippen LogP contribution in [0.15, 0.2) is 34.9 Å². The van der Waals surface area contributed by atoms with Crippen LogP contribution in [-0.4, -0.2) is 17.1 Å². The molecular formula is C12H11BrClN3O. The number of hydrogen-bond acceptors (Lipinski definition) is 4. The largest absolute Gasteiger partial charge is 0.480 e. The van der Waals surface area contributed by atoms with Crippen molar-refractivity contribution in [2.75, 3.05) is 12.4 Å². The number of rotatable bonds is 4. The van der Waals surface area contributed by atoms with Crippen LogP contribution < -0.4 is 10.1 Å². The van der Waals surface area contributed by atoms with E-state index in [0.717, 1.165) is 15.1 Å². The standard InChI is InChI=1S/C12H11BrClN3O/c1-18-11-10(13)7-16-12(17-11)15-6-8-2-4-9(14)5-3-8/h2-5,7H,6H2,1H3,(H,15,16,17). The average molecular weight is 329 g/mol. The summed E-state index contributed by atoms with van der Waals surface area (Å²) in [4.78, 5) is 8.35. The third kappa shape index (κ3) is 3.34. The molecule has 0 saturated carbocycles. The smallest absolute Gasteiger partial charge is 0.232 e. The fourth-order valence-electron chi connectivity index (χ4n) is 1.36. The summed E-state index contributed by atoms with van der Waals surface area (Å²) in [6.07, 6.45) is 1.65. The first kappa shape index (κ1) is 13.1. The second-order valence-corrected chi connectivity index (χ2v) is 4.82. The van der Waals surface area contributed by atoms with E-state index in [-0.39, 0.29) is 0 Å². The molecule has 0 fully saturated rings. The van der Waals surface area contributed by atoms with E-state index in [1.807, 2.05) is 24.3 Å². The third-order valence-corrected chi connectivity index (χ3v) is 3.07. The zero-order valence-electron chi connectivity index (χ0n) is 9.65. The number of methoxy groups -OCH3 is 1. The van der Waals surface area contributed by atoms with Crippen molar-refractivity contribution in [3.8, 4) is 5.88 Å². The lowest BCUT2D eigenvalue weighted by Crippen LogP contribution is -2.04. The van der Waals surface area contributed by atoms with Gasteiger partial charge >= 0.3 is 0 Å². The summed E-state index contributed by atoms with van der Waals surface area (Å²) in [5, 5.41) is 3.84. The molecule has 0 radical (unpaired) electrons. The number of anilines is 1. The van der Waals surface area contributed by atoms with Crippen LogP contribution in [0.3, 0.4) is 0 Å². The molecule has 0 bridgehead atoms. The summed E-state index contributed by atoms with van der Waals surface area (Å²) >= 11 is 9.12. The number of hydrogen-bond donors (Lipinski definition) is 1. The van der Waals surface area contributed by atoms with Crippen molar-refractivity contribution >= 4 is 33.5 Å². The summed E-state index contributed by atoms with van der Waals surface area (Å²) < 4.78 is 5.82. The van der Waals surface area contributed by atoms with Gasteiger partial charge in [0.05, 0.1) is 17.8 Å². The van der Waals surface area contributed by atoms with Gasteiger partial charge in [0.15, 0.2) is 0 Å². The maximum Gasteiger partial charge on any atom is 0.232 e. The normalized spacial score (nSPS) is 10.2. The van der Waals surface area contributed by atoms with Crippen molar-refractivity contribution < 1.29 is 4.74 Å². The average Bonchev–Trinajstić information content (AvgIpc) is 2.39. The SMILES string of the molecule is COc1nc(NCc2ccc(Cl)cc2)ncc1Br. The summed E-state index contributed by atoms with van der Waals surface area (Å²) in [5.41, 5.74) is 1.10. The zero-order chi connectivity index (χ0) is 13.0. The van der Waals surface area contributed by atoms with Crippen LogP contribution in [0.4, 0.5) is 5.95 Å². The Morgan fingerprint density at radius 1 is 1.33 bits per heavy atom. The third-order valence-electron chi connectivity index (χ3n) is 2.27. The first-order valence-corrected chi connectivity index (χ1v) is 6.41. The van der Waals surface area contributed by atoms with Crippen molar-refractivity contribution in [2.24, 2.45) is 0 Å². The van der Waals surface area contributed by atoms with Gasteiger partial charge in [0, 0.05) is 11.6 Å². The molecule has 94 valence electrons. The van der Waals surface area contributed by atoms with Crippen LogP contribution in [0, 0.1) is 0 Å². The number of ether oxygens (including phenoxy) is 1. The van der Waals surface area contributed by atoms with Gasteiger partial charge in [0.25, 0.3) is 0 Å². The second-order valence-electron chi connectivity index (χ2n) is 3.53. The predicted molar refractivity (Wildman–Crippen MR) is 75.1 cm³/mol. The summed E-state index contributed by atoms with van der Waals surface area (Å²) in [6.45, 7) is 0.627. The van der Waals surface area contributed by atoms with E-state index >= 15 is 0 Å². The van der Waals surface area contributed by atoms with Gasteiger partial charge in [-0.05, 0) is 33.6 Å². The Morgan fingerprint density at radius 3 is 2.72 bits per heavy atom. The molecule has 1 aromatic carbocycles. The van der Waals surface area contributed by atoms with E-state index in [0.29, 0.717) is 18.4 Å². The highest BCUT2D eigenvalue weighted by molar-refractivity contribution is 9.10. The van der Waals surface area contributed by atoms with Crippen molar-refractivity contribution in [3.63, 3.8) is 0 Å². The van der Waals surface area contributed by atoms with Crippen LogP contribution in [0.1, 0.15) is 5.56 Å². The van der Waals surface area contributed by atoms with Gasteiger partial charge in [-0.2, -0.15) is 4.98 Å². The van der Waals surface area contributed by atoms with E-state index in [4.69, 9.17) is 16.3 Å². The quantitative estimate of drug-likeness (QED) is 0.933. The minimum Gasteiger partial charge on any atom is -0.480 e. The van der Waals surface area contributed by atoms with Crippen molar-refractivity contribution in [1.29, 1.82) is 0 Å². The maximum absolute atomic E-state index is 5.82. The summed E-state index contributed by atoms with van der Waals surface area (Å²) in [6, 6.07) is 7.60. The van der Waals surface area contributed by atoms with Crippen LogP contribution in [0.2, 0.25) is 5.02 Å². The predicted octanol–water partition coefficient (Wildman–Crippen LogP) is 3.51. The molecule has 0 aliphatic carbocycles. The van der Waals surface area contributed by atoms with Crippen molar-refractivity contribution in [2.45, 2.75) is 6.54 Å². The van der Waals surface area contributed by atoms with E-state index in [2.05, 4.69) is 31.2 Å². The zero-order valence-corrected chi connectivity index (χ0v) is 12.0. The molecule has 6 heteroatoms. The molecule has 4 nitrogen and oxygen atoms in total. The minimum atomic E-state index is 0.503. The fraction of sp³-hybridized carbons (Fsp3) is 0.167. The molecule has 18 heavy (non-hydrogen) atoms. The van der Waals surface area contributed by atoms with Crippen molar-refractivity contribution in [3.05, 3.63) is 45.5 Å². The van der Waals surface area contributed by atoms with E-state index < -0.39 is 0 Å². The second kappa shape index (κ2) is 6.02. The number of aromatic nitrogens is 2. The van der Waals surface area contributed by atoms with Gasteiger partial charge < -0.3 is 10.1 Å². The number of nitrogens with zero attached hydrogens (tertiary/aromatic N) is 2. The Bertz CT molecular complexity index is 533. The Hall–Kier alpha value is -1.33. The first-order chi connectivity index (χ1) is 8.69. The molecule has 0 amide bonds. The molecule has 1 aromatic heterocycles. The lowest BCUT2D eigenvalue weighted by atomic mass is 10.2. The highest BCUT2D eigenvalue weighted by Gasteiger charge is 2.04. The van der Waals surface area contributed by atoms with Gasteiger partial charge in [-0.1, -0.05) is 23.7 Å². The van der Waals surface area contributed by atoms with Gasteiger partial charge in [-0.25, -0.2) is 4.98 Å². The van der Waals surface area contributed by atoms with Crippen molar-refractivity contribution in [1.82, 2.24) is 9.97 Å². The highest BCUT2D eigenvalue weighted by atomic mass is 79.9. The molecular weight excluding hydrogens is 318 g/mol. The molecule has 2 aromatic rings. The van der Waals surface area contributed by atoms with Crippen LogP contribution in [-0.2, 0) is 6.54 Å². The Kier molecular flexibility index (Phi) is 4.38. The number of nitrogens with one attached hydrogen (secondary N) is 1. The van der Waals surface area contributed by atoms with Crippen LogP contribution in [0.25, 0.3) is 0 Å². The molecule has 1 heterocycles. The van der Waals surface area contributed by atoms with E-state index in [1.165, 1.54) is 0 Å². The number of benzene rings is 1. The molecule has 0 atom stereocenters. The maximum atomic E-state index is 5.82. The van der Waals surface area contributed by atoms with Gasteiger partial charge in [0.2, 0.25) is 11.8 Å². The molecule has 0 spiro atoms. The molecule has 0 saturated heterocycles. The van der Waals surface area contributed by atoms with E-state index in [1.54, 1.807) is 13.3 Å².